The SMILES string of the molecule is O=C(N[C@H]1CC[C@H](CCN2CCN(c3nccc4c3CCO4)CC2)CC1)Oc1ccc(-c2ccccc2)cc1. The molecular weight excluding hydrogens is 488 g/mol. The molecule has 1 amide bonds. The molecule has 1 saturated carbocycles. The standard InChI is InChI=1S/C32H38N4O3/c37-32(39-28-12-8-26(9-13-28)25-4-2-1-3-5-25)34-27-10-6-24(7-11-27)15-18-35-19-21-36(22-20-35)31-29-16-23-38-30(29)14-17-33-31/h1-5,8-9,12-14,17,24,27H,6-7,10-11,15-16,18-23H2,(H,34,37)/t24-,27-. The Morgan fingerprint density at radius 3 is 2.44 bits per heavy atom. The van der Waals surface area contributed by atoms with Crippen LogP contribution in [0.5, 0.6) is 11.5 Å². The minimum absolute atomic E-state index is 0.199. The molecule has 3 aliphatic rings. The van der Waals surface area contributed by atoms with Gasteiger partial charge in [0.2, 0.25) is 0 Å². The second-order valence-electron chi connectivity index (χ2n) is 11.0. The first-order valence-corrected chi connectivity index (χ1v) is 14.4. The lowest BCUT2D eigenvalue weighted by Crippen LogP contribution is -2.47. The predicted octanol–water partition coefficient (Wildman–Crippen LogP) is 5.54. The number of hydrogen-bond donors (Lipinski definition) is 1. The van der Waals surface area contributed by atoms with Crippen molar-refractivity contribution in [2.45, 2.75) is 44.6 Å². The van der Waals surface area contributed by atoms with E-state index in [9.17, 15) is 4.79 Å². The van der Waals surface area contributed by atoms with Crippen molar-refractivity contribution in [2.75, 3.05) is 44.2 Å². The van der Waals surface area contributed by atoms with Gasteiger partial charge in [-0.25, -0.2) is 9.78 Å². The van der Waals surface area contributed by atoms with Crippen LogP contribution in [-0.4, -0.2) is 61.3 Å². The van der Waals surface area contributed by atoms with Gasteiger partial charge in [-0.3, -0.25) is 4.90 Å². The van der Waals surface area contributed by atoms with Crippen LogP contribution in [0.3, 0.4) is 0 Å². The van der Waals surface area contributed by atoms with Gasteiger partial charge in [0.15, 0.2) is 0 Å². The highest BCUT2D eigenvalue weighted by Crippen LogP contribution is 2.33. The molecule has 39 heavy (non-hydrogen) atoms. The quantitative estimate of drug-likeness (QED) is 0.436. The fraction of sp³-hybridized carbons (Fsp3) is 0.438. The van der Waals surface area contributed by atoms with Gasteiger partial charge in [0.05, 0.1) is 6.61 Å². The maximum absolute atomic E-state index is 12.5. The fourth-order valence-electron chi connectivity index (χ4n) is 6.16. The second-order valence-corrected chi connectivity index (χ2v) is 11.0. The highest BCUT2D eigenvalue weighted by Gasteiger charge is 2.26. The van der Waals surface area contributed by atoms with Crippen molar-refractivity contribution in [1.82, 2.24) is 15.2 Å². The zero-order chi connectivity index (χ0) is 26.4. The van der Waals surface area contributed by atoms with Crippen molar-refractivity contribution in [3.8, 4) is 22.6 Å². The van der Waals surface area contributed by atoms with Crippen molar-refractivity contribution in [3.63, 3.8) is 0 Å². The third-order valence-electron chi connectivity index (χ3n) is 8.47. The Labute approximate surface area is 231 Å². The number of benzene rings is 2. The van der Waals surface area contributed by atoms with Crippen LogP contribution in [0, 0.1) is 5.92 Å². The molecule has 204 valence electrons. The second kappa shape index (κ2) is 12.1. The lowest BCUT2D eigenvalue weighted by molar-refractivity contribution is 0.182. The van der Waals surface area contributed by atoms with Gasteiger partial charge in [-0.1, -0.05) is 42.5 Å². The molecule has 1 aromatic heterocycles. The molecule has 2 aromatic carbocycles. The van der Waals surface area contributed by atoms with Crippen LogP contribution in [0.25, 0.3) is 11.1 Å². The van der Waals surface area contributed by atoms with Gasteiger partial charge in [0, 0.05) is 50.4 Å². The number of hydrogen-bond acceptors (Lipinski definition) is 6. The fourth-order valence-corrected chi connectivity index (χ4v) is 6.16. The Kier molecular flexibility index (Phi) is 7.95. The number of fused-ring (bicyclic) bond motifs is 1. The van der Waals surface area contributed by atoms with E-state index < -0.39 is 0 Å². The van der Waals surface area contributed by atoms with Crippen LogP contribution in [0.15, 0.2) is 66.9 Å². The Morgan fingerprint density at radius 1 is 0.923 bits per heavy atom. The van der Waals surface area contributed by atoms with E-state index in [1.54, 1.807) is 0 Å². The molecule has 0 unspecified atom stereocenters. The van der Waals surface area contributed by atoms with Crippen molar-refractivity contribution >= 4 is 11.9 Å². The van der Waals surface area contributed by atoms with E-state index in [0.717, 1.165) is 100 Å². The van der Waals surface area contributed by atoms with E-state index >= 15 is 0 Å². The summed E-state index contributed by atoms with van der Waals surface area (Å²) in [5.41, 5.74) is 3.53. The number of amides is 1. The van der Waals surface area contributed by atoms with Gasteiger partial charge < -0.3 is 19.7 Å². The summed E-state index contributed by atoms with van der Waals surface area (Å²) in [6, 6.07) is 20.1. The first-order chi connectivity index (χ1) is 19.2. The monoisotopic (exact) mass is 526 g/mol. The van der Waals surface area contributed by atoms with Crippen LogP contribution in [0.4, 0.5) is 10.6 Å². The summed E-state index contributed by atoms with van der Waals surface area (Å²) in [6.45, 7) is 6.15. The predicted molar refractivity (Wildman–Crippen MR) is 153 cm³/mol. The number of ether oxygens (including phenoxy) is 2. The molecule has 2 aliphatic heterocycles. The first-order valence-electron chi connectivity index (χ1n) is 14.4. The highest BCUT2D eigenvalue weighted by molar-refractivity contribution is 5.71. The number of carbonyl (C=O) groups is 1. The van der Waals surface area contributed by atoms with E-state index in [-0.39, 0.29) is 12.1 Å². The molecular formula is C32H38N4O3. The minimum atomic E-state index is -0.353. The zero-order valence-corrected chi connectivity index (χ0v) is 22.6. The largest absolute Gasteiger partial charge is 0.493 e. The molecule has 2 fully saturated rings. The molecule has 0 spiro atoms. The summed E-state index contributed by atoms with van der Waals surface area (Å²) < 4.78 is 11.3. The van der Waals surface area contributed by atoms with E-state index in [4.69, 9.17) is 9.47 Å². The molecule has 7 nitrogen and oxygen atoms in total. The van der Waals surface area contributed by atoms with Gasteiger partial charge >= 0.3 is 6.09 Å². The van der Waals surface area contributed by atoms with Crippen LogP contribution in [-0.2, 0) is 6.42 Å². The van der Waals surface area contributed by atoms with Crippen LogP contribution >= 0.6 is 0 Å². The topological polar surface area (TPSA) is 66.9 Å². The van der Waals surface area contributed by atoms with Crippen molar-refractivity contribution in [2.24, 2.45) is 5.92 Å². The summed E-state index contributed by atoms with van der Waals surface area (Å²) >= 11 is 0. The molecule has 0 radical (unpaired) electrons. The molecule has 1 N–H and O–H groups in total. The molecule has 7 heteroatoms. The summed E-state index contributed by atoms with van der Waals surface area (Å²) in [4.78, 5) is 22.2. The number of pyridine rings is 1. The van der Waals surface area contributed by atoms with Crippen molar-refractivity contribution in [3.05, 3.63) is 72.4 Å². The Balaban J connectivity index is 0.887. The smallest absolute Gasteiger partial charge is 0.412 e. The average molecular weight is 527 g/mol. The third-order valence-corrected chi connectivity index (χ3v) is 8.47. The number of rotatable bonds is 7. The summed E-state index contributed by atoms with van der Waals surface area (Å²) in [6.07, 6.45) is 8.09. The summed E-state index contributed by atoms with van der Waals surface area (Å²) in [7, 11) is 0. The lowest BCUT2D eigenvalue weighted by atomic mass is 9.84. The van der Waals surface area contributed by atoms with Crippen LogP contribution < -0.4 is 19.7 Å². The van der Waals surface area contributed by atoms with E-state index in [0.29, 0.717) is 5.75 Å². The number of anilines is 1. The number of aromatic nitrogens is 1. The minimum Gasteiger partial charge on any atom is -0.493 e. The molecule has 3 heterocycles. The zero-order valence-electron chi connectivity index (χ0n) is 22.6. The Morgan fingerprint density at radius 2 is 1.67 bits per heavy atom. The molecule has 0 atom stereocenters. The van der Waals surface area contributed by atoms with Crippen LogP contribution in [0.2, 0.25) is 0 Å². The molecule has 0 bridgehead atoms. The van der Waals surface area contributed by atoms with E-state index in [2.05, 4.69) is 32.2 Å². The highest BCUT2D eigenvalue weighted by atomic mass is 16.6. The molecule has 1 aliphatic carbocycles. The molecule has 1 saturated heterocycles. The normalized spacial score (nSPS) is 21.2. The maximum Gasteiger partial charge on any atom is 0.412 e. The van der Waals surface area contributed by atoms with Gasteiger partial charge in [-0.2, -0.15) is 0 Å². The number of nitrogens with zero attached hydrogens (tertiary/aromatic N) is 3. The van der Waals surface area contributed by atoms with E-state index in [1.165, 1.54) is 12.0 Å². The maximum atomic E-state index is 12.5. The van der Waals surface area contributed by atoms with Gasteiger partial charge in [-0.15, -0.1) is 0 Å². The first kappa shape index (κ1) is 25.7. The lowest BCUT2D eigenvalue weighted by Gasteiger charge is -2.37. The number of carbonyl (C=O) groups excluding carboxylic acids is 1. The summed E-state index contributed by atoms with van der Waals surface area (Å²) in [5.74, 6) is 3.44. The van der Waals surface area contributed by atoms with Gasteiger partial charge in [-0.05, 0) is 73.9 Å². The Bertz CT molecular complexity index is 1230. The van der Waals surface area contributed by atoms with Crippen molar-refractivity contribution in [1.29, 1.82) is 0 Å². The van der Waals surface area contributed by atoms with Crippen LogP contribution in [0.1, 0.15) is 37.7 Å². The summed E-state index contributed by atoms with van der Waals surface area (Å²) in [5, 5.41) is 3.09. The Hall–Kier alpha value is -3.58. The molecule has 3 aromatic rings. The van der Waals surface area contributed by atoms with Crippen molar-refractivity contribution < 1.29 is 14.3 Å². The third kappa shape index (κ3) is 6.36. The number of nitrogens with one attached hydrogen (secondary N) is 1. The number of piperazine rings is 1. The molecule has 6 rings (SSSR count). The van der Waals surface area contributed by atoms with E-state index in [1.807, 2.05) is 54.7 Å². The van der Waals surface area contributed by atoms with Gasteiger partial charge in [0.25, 0.3) is 0 Å². The average Bonchev–Trinajstić information content (AvgIpc) is 3.47. The van der Waals surface area contributed by atoms with Gasteiger partial charge in [0.1, 0.15) is 17.3 Å².